The Morgan fingerprint density at radius 1 is 1.16 bits per heavy atom. The number of ether oxygens (including phenoxy) is 2. The molecule has 4 rings (SSSR count). The molecule has 5 unspecified atom stereocenters. The second-order valence-electron chi connectivity index (χ2n) is 8.38. The van der Waals surface area contributed by atoms with Crippen LogP contribution in [0.1, 0.15) is 49.8 Å². The van der Waals surface area contributed by atoms with Gasteiger partial charge in [0.1, 0.15) is 6.10 Å². The van der Waals surface area contributed by atoms with Crippen LogP contribution >= 0.6 is 0 Å². The molecule has 31 heavy (non-hydrogen) atoms. The minimum absolute atomic E-state index is 0.165. The Morgan fingerprint density at radius 2 is 1.84 bits per heavy atom. The molecule has 0 spiro atoms. The molecular formula is C22H19F3N4O2. The summed E-state index contributed by atoms with van der Waals surface area (Å²) in [6, 6.07) is 10.2. The summed E-state index contributed by atoms with van der Waals surface area (Å²) in [5, 5.41) is 39.1. The second-order valence-corrected chi connectivity index (χ2v) is 8.38. The highest BCUT2D eigenvalue weighted by molar-refractivity contribution is 5.89. The molecule has 1 aromatic carbocycles. The fraction of sp³-hybridized carbons (Fsp3) is 0.545. The SMILES string of the molecule is CCC1CCC23OC(=N)C(C#N)(C2C1)C(C#N)(C#N)C(c1ccccc1C(F)(F)F)O3. The van der Waals surface area contributed by atoms with Gasteiger partial charge in [0.2, 0.25) is 17.1 Å². The zero-order valence-corrected chi connectivity index (χ0v) is 16.7. The van der Waals surface area contributed by atoms with Crippen molar-refractivity contribution in [1.29, 1.82) is 21.2 Å². The van der Waals surface area contributed by atoms with Crippen LogP contribution in [-0.2, 0) is 15.7 Å². The standard InChI is InChI=1S/C22H19F3N4O2/c1-2-13-7-8-21-16(9-13)20(12-28,18(29)31-21)19(10-26,11-27)17(30-21)14-5-3-4-6-15(14)22(23,24)25/h3-6,13,16-17,29H,2,7-9H2,1H3. The lowest BCUT2D eigenvalue weighted by Gasteiger charge is -2.53. The summed E-state index contributed by atoms with van der Waals surface area (Å²) in [7, 11) is 0. The number of nitrogens with one attached hydrogen (secondary N) is 1. The van der Waals surface area contributed by atoms with Gasteiger partial charge in [-0.05, 0) is 30.4 Å². The van der Waals surface area contributed by atoms with Crippen LogP contribution in [0, 0.1) is 62.1 Å². The minimum Gasteiger partial charge on any atom is -0.447 e. The van der Waals surface area contributed by atoms with Crippen LogP contribution in [0.2, 0.25) is 0 Å². The molecule has 1 saturated carbocycles. The van der Waals surface area contributed by atoms with E-state index in [1.165, 1.54) is 12.1 Å². The Morgan fingerprint density at radius 3 is 2.42 bits per heavy atom. The van der Waals surface area contributed by atoms with E-state index >= 15 is 0 Å². The van der Waals surface area contributed by atoms with E-state index in [9.17, 15) is 29.0 Å². The molecule has 0 radical (unpaired) electrons. The summed E-state index contributed by atoms with van der Waals surface area (Å²) in [4.78, 5) is 0. The number of nitrogens with zero attached hydrogens (tertiary/aromatic N) is 3. The van der Waals surface area contributed by atoms with Crippen molar-refractivity contribution in [2.24, 2.45) is 22.7 Å². The van der Waals surface area contributed by atoms with Gasteiger partial charge in [0.15, 0.2) is 5.41 Å². The van der Waals surface area contributed by atoms with E-state index in [1.807, 2.05) is 25.1 Å². The smallest absolute Gasteiger partial charge is 0.416 e. The number of hydrogen-bond donors (Lipinski definition) is 1. The molecule has 1 aromatic rings. The predicted octanol–water partition coefficient (Wildman–Crippen LogP) is 4.85. The van der Waals surface area contributed by atoms with Crippen LogP contribution in [-0.4, -0.2) is 11.7 Å². The van der Waals surface area contributed by atoms with Gasteiger partial charge >= 0.3 is 6.18 Å². The Balaban J connectivity index is 2.01. The molecule has 2 bridgehead atoms. The lowest BCUT2D eigenvalue weighted by atomic mass is 9.50. The van der Waals surface area contributed by atoms with Crippen LogP contribution in [0.25, 0.3) is 0 Å². The monoisotopic (exact) mass is 428 g/mol. The number of alkyl halides is 3. The Hall–Kier alpha value is -3.09. The molecule has 2 aliphatic heterocycles. The van der Waals surface area contributed by atoms with Crippen LogP contribution in [0.15, 0.2) is 24.3 Å². The van der Waals surface area contributed by atoms with E-state index < -0.39 is 51.8 Å². The van der Waals surface area contributed by atoms with Crippen molar-refractivity contribution in [3.05, 3.63) is 35.4 Å². The minimum atomic E-state index is -4.77. The highest BCUT2D eigenvalue weighted by atomic mass is 19.4. The molecule has 0 aromatic heterocycles. The summed E-state index contributed by atoms with van der Waals surface area (Å²) in [6.45, 7) is 1.98. The zero-order chi connectivity index (χ0) is 22.7. The maximum atomic E-state index is 13.8. The van der Waals surface area contributed by atoms with Crippen LogP contribution in [0.4, 0.5) is 13.2 Å². The average Bonchev–Trinajstić information content (AvgIpc) is 2.96. The van der Waals surface area contributed by atoms with Crippen molar-refractivity contribution in [2.45, 2.75) is 50.7 Å². The van der Waals surface area contributed by atoms with Crippen molar-refractivity contribution >= 4 is 5.90 Å². The highest BCUT2D eigenvalue weighted by Gasteiger charge is 2.81. The lowest BCUT2D eigenvalue weighted by molar-refractivity contribution is -0.299. The van der Waals surface area contributed by atoms with Gasteiger partial charge in [0, 0.05) is 6.42 Å². The number of halogens is 3. The van der Waals surface area contributed by atoms with E-state index in [0.29, 0.717) is 12.8 Å². The molecule has 160 valence electrons. The quantitative estimate of drug-likeness (QED) is 0.723. The summed E-state index contributed by atoms with van der Waals surface area (Å²) >= 11 is 0. The molecule has 6 nitrogen and oxygen atoms in total. The van der Waals surface area contributed by atoms with Gasteiger partial charge in [-0.3, -0.25) is 5.41 Å². The summed E-state index contributed by atoms with van der Waals surface area (Å²) < 4.78 is 53.3. The van der Waals surface area contributed by atoms with E-state index in [1.54, 1.807) is 0 Å². The van der Waals surface area contributed by atoms with Crippen LogP contribution < -0.4 is 0 Å². The first kappa shape index (κ1) is 21.2. The largest absolute Gasteiger partial charge is 0.447 e. The predicted molar refractivity (Wildman–Crippen MR) is 99.6 cm³/mol. The maximum absolute atomic E-state index is 13.8. The molecule has 1 aliphatic carbocycles. The summed E-state index contributed by atoms with van der Waals surface area (Å²) in [5.41, 5.74) is -5.88. The van der Waals surface area contributed by atoms with Gasteiger partial charge in [-0.15, -0.1) is 0 Å². The van der Waals surface area contributed by atoms with Crippen LogP contribution in [0.5, 0.6) is 0 Å². The van der Waals surface area contributed by atoms with Crippen molar-refractivity contribution in [2.75, 3.05) is 0 Å². The van der Waals surface area contributed by atoms with E-state index in [-0.39, 0.29) is 12.3 Å². The Bertz CT molecular complexity index is 1050. The Labute approximate surface area is 177 Å². The van der Waals surface area contributed by atoms with E-state index in [2.05, 4.69) is 0 Å². The number of benzene rings is 1. The van der Waals surface area contributed by atoms with Crippen molar-refractivity contribution < 1.29 is 22.6 Å². The number of rotatable bonds is 2. The molecule has 3 fully saturated rings. The summed E-state index contributed by atoms with van der Waals surface area (Å²) in [6.07, 6.45) is -4.41. The fourth-order valence-electron chi connectivity index (χ4n) is 5.55. The Kier molecular flexibility index (Phi) is 4.57. The summed E-state index contributed by atoms with van der Waals surface area (Å²) in [5.74, 6) is -2.73. The number of hydrogen-bond acceptors (Lipinski definition) is 6. The third-order valence-corrected chi connectivity index (χ3v) is 7.14. The van der Waals surface area contributed by atoms with Gasteiger partial charge in [0.05, 0.1) is 29.7 Å². The first-order valence-electron chi connectivity index (χ1n) is 10.0. The normalized spacial score (nSPS) is 35.8. The van der Waals surface area contributed by atoms with Gasteiger partial charge in [-0.2, -0.15) is 29.0 Å². The molecule has 5 atom stereocenters. The first-order valence-corrected chi connectivity index (χ1v) is 10.0. The fourth-order valence-corrected chi connectivity index (χ4v) is 5.55. The first-order chi connectivity index (χ1) is 14.7. The molecule has 2 saturated heterocycles. The molecule has 2 heterocycles. The van der Waals surface area contributed by atoms with Crippen LogP contribution in [0.3, 0.4) is 0 Å². The molecular weight excluding hydrogens is 409 g/mol. The second kappa shape index (κ2) is 6.70. The van der Waals surface area contributed by atoms with Gasteiger partial charge in [-0.25, -0.2) is 0 Å². The molecule has 9 heteroatoms. The van der Waals surface area contributed by atoms with E-state index in [0.717, 1.165) is 18.6 Å². The van der Waals surface area contributed by atoms with Crippen molar-refractivity contribution in [1.82, 2.24) is 0 Å². The van der Waals surface area contributed by atoms with Crippen molar-refractivity contribution in [3.8, 4) is 18.2 Å². The third kappa shape index (κ3) is 2.49. The molecule has 0 amide bonds. The topological polar surface area (TPSA) is 114 Å². The molecule has 1 N–H and O–H groups in total. The maximum Gasteiger partial charge on any atom is 0.416 e. The van der Waals surface area contributed by atoms with Gasteiger partial charge < -0.3 is 9.47 Å². The zero-order valence-electron chi connectivity index (χ0n) is 16.7. The van der Waals surface area contributed by atoms with E-state index in [4.69, 9.17) is 14.9 Å². The molecule has 3 aliphatic rings. The average molecular weight is 428 g/mol. The highest BCUT2D eigenvalue weighted by Crippen LogP contribution is 2.70. The third-order valence-electron chi connectivity index (χ3n) is 7.14. The number of nitriles is 3. The van der Waals surface area contributed by atoms with Gasteiger partial charge in [-0.1, -0.05) is 31.5 Å². The van der Waals surface area contributed by atoms with Gasteiger partial charge in [0.25, 0.3) is 0 Å². The van der Waals surface area contributed by atoms with Crippen molar-refractivity contribution in [3.63, 3.8) is 0 Å². The lowest BCUT2D eigenvalue weighted by Crippen LogP contribution is -2.61.